The van der Waals surface area contributed by atoms with Crippen LogP contribution in [0.4, 0.5) is 10.1 Å². The molecular weight excluding hydrogens is 339 g/mol. The Hall–Kier alpha value is -1.76. The van der Waals surface area contributed by atoms with Crippen molar-refractivity contribution in [3.63, 3.8) is 0 Å². The Balaban J connectivity index is 1.51. The van der Waals surface area contributed by atoms with Crippen LogP contribution in [-0.2, 0) is 16.1 Å². The van der Waals surface area contributed by atoms with E-state index in [0.29, 0.717) is 12.2 Å². The molecule has 1 spiro atoms. The fourth-order valence-corrected chi connectivity index (χ4v) is 4.54. The molecular formula is C19H21FN2O2S. The molecule has 2 fully saturated rings. The minimum atomic E-state index is -0.365. The summed E-state index contributed by atoms with van der Waals surface area (Å²) in [7, 11) is 0. The number of likely N-dealkylation sites (tertiary alicyclic amines) is 1. The van der Waals surface area contributed by atoms with Gasteiger partial charge < -0.3 is 9.64 Å². The molecule has 1 atom stereocenters. The molecule has 2 aliphatic rings. The summed E-state index contributed by atoms with van der Waals surface area (Å²) >= 11 is 1.76. The summed E-state index contributed by atoms with van der Waals surface area (Å²) in [6, 6.07) is 10.5. The summed E-state index contributed by atoms with van der Waals surface area (Å²) < 4.78 is 19.6. The van der Waals surface area contributed by atoms with Crippen molar-refractivity contribution in [2.75, 3.05) is 31.1 Å². The number of carbonyl (C=O) groups is 1. The lowest BCUT2D eigenvalue weighted by atomic mass is 9.90. The standard InChI is InChI=1S/C19H21FN2O2S/c20-15-4-1-5-16(10-15)22-14-19(24-12-18(22)23)7-3-8-21(13-19)11-17-6-2-9-25-17/h1-2,4-6,9-10H,3,7-8,11-14H2. The van der Waals surface area contributed by atoms with Crippen molar-refractivity contribution in [2.45, 2.75) is 25.0 Å². The molecule has 0 aliphatic carbocycles. The first kappa shape index (κ1) is 16.7. The number of hydrogen-bond donors (Lipinski definition) is 0. The quantitative estimate of drug-likeness (QED) is 0.842. The van der Waals surface area contributed by atoms with Gasteiger partial charge >= 0.3 is 0 Å². The smallest absolute Gasteiger partial charge is 0.253 e. The molecule has 0 bridgehead atoms. The van der Waals surface area contributed by atoms with E-state index in [0.717, 1.165) is 32.5 Å². The average molecular weight is 360 g/mol. The van der Waals surface area contributed by atoms with Gasteiger partial charge in [-0.25, -0.2) is 4.39 Å². The van der Waals surface area contributed by atoms with Crippen LogP contribution >= 0.6 is 11.3 Å². The minimum absolute atomic E-state index is 0.0589. The van der Waals surface area contributed by atoms with Crippen LogP contribution in [0.1, 0.15) is 17.7 Å². The van der Waals surface area contributed by atoms with Gasteiger partial charge in [0.05, 0.1) is 12.1 Å². The first-order valence-electron chi connectivity index (χ1n) is 8.58. The van der Waals surface area contributed by atoms with Crippen LogP contribution in [0.25, 0.3) is 0 Å². The molecule has 2 saturated heterocycles. The number of hydrogen-bond acceptors (Lipinski definition) is 4. The Bertz CT molecular complexity index is 752. The molecule has 4 nitrogen and oxygen atoms in total. The molecule has 25 heavy (non-hydrogen) atoms. The molecule has 3 heterocycles. The summed E-state index contributed by atoms with van der Waals surface area (Å²) in [6.07, 6.45) is 1.96. The Morgan fingerprint density at radius 3 is 2.96 bits per heavy atom. The number of carbonyl (C=O) groups excluding carboxylic acids is 1. The molecule has 6 heteroatoms. The monoisotopic (exact) mass is 360 g/mol. The van der Waals surface area contributed by atoms with Crippen LogP contribution in [0, 0.1) is 5.82 Å². The van der Waals surface area contributed by atoms with E-state index in [2.05, 4.69) is 22.4 Å². The van der Waals surface area contributed by atoms with Crippen LogP contribution in [0.5, 0.6) is 0 Å². The number of morpholine rings is 1. The van der Waals surface area contributed by atoms with Gasteiger partial charge in [0.2, 0.25) is 0 Å². The van der Waals surface area contributed by atoms with Crippen LogP contribution in [0.2, 0.25) is 0 Å². The lowest BCUT2D eigenvalue weighted by Crippen LogP contribution is -2.61. The van der Waals surface area contributed by atoms with Crippen LogP contribution in [-0.4, -0.2) is 42.6 Å². The Morgan fingerprint density at radius 2 is 2.16 bits per heavy atom. The highest BCUT2D eigenvalue weighted by Gasteiger charge is 2.43. The first-order chi connectivity index (χ1) is 12.1. The van der Waals surface area contributed by atoms with Gasteiger partial charge in [0.15, 0.2) is 0 Å². The summed E-state index contributed by atoms with van der Waals surface area (Å²) in [5.41, 5.74) is 0.249. The minimum Gasteiger partial charge on any atom is -0.362 e. The summed E-state index contributed by atoms with van der Waals surface area (Å²) in [6.45, 7) is 3.29. The fraction of sp³-hybridized carbons (Fsp3) is 0.421. The number of rotatable bonds is 3. The van der Waals surface area contributed by atoms with Crippen LogP contribution in [0.15, 0.2) is 41.8 Å². The molecule has 1 aromatic carbocycles. The van der Waals surface area contributed by atoms with Crippen molar-refractivity contribution in [2.24, 2.45) is 0 Å². The van der Waals surface area contributed by atoms with E-state index < -0.39 is 0 Å². The van der Waals surface area contributed by atoms with Gasteiger partial charge in [-0.3, -0.25) is 9.69 Å². The summed E-state index contributed by atoms with van der Waals surface area (Å²) in [5.74, 6) is -0.430. The SMILES string of the molecule is O=C1COC2(CCCN(Cc3cccs3)C2)CN1c1cccc(F)c1. The summed E-state index contributed by atoms with van der Waals surface area (Å²) in [4.78, 5) is 17.8. The molecule has 0 radical (unpaired) electrons. The van der Waals surface area contributed by atoms with E-state index >= 15 is 0 Å². The van der Waals surface area contributed by atoms with Crippen molar-refractivity contribution < 1.29 is 13.9 Å². The number of ether oxygens (including phenoxy) is 1. The molecule has 1 aromatic heterocycles. The highest BCUT2D eigenvalue weighted by atomic mass is 32.1. The average Bonchev–Trinajstić information content (AvgIpc) is 3.11. The predicted molar refractivity (Wildman–Crippen MR) is 96.3 cm³/mol. The zero-order valence-corrected chi connectivity index (χ0v) is 14.8. The maximum Gasteiger partial charge on any atom is 0.253 e. The number of amides is 1. The van der Waals surface area contributed by atoms with E-state index in [1.165, 1.54) is 17.0 Å². The fourth-order valence-electron chi connectivity index (χ4n) is 3.79. The van der Waals surface area contributed by atoms with Gasteiger partial charge in [-0.2, -0.15) is 0 Å². The largest absolute Gasteiger partial charge is 0.362 e. The summed E-state index contributed by atoms with van der Waals surface area (Å²) in [5, 5.41) is 2.09. The van der Waals surface area contributed by atoms with Crippen molar-refractivity contribution in [3.8, 4) is 0 Å². The number of nitrogens with zero attached hydrogens (tertiary/aromatic N) is 2. The van der Waals surface area contributed by atoms with E-state index in [-0.39, 0.29) is 23.9 Å². The second-order valence-corrected chi connectivity index (χ2v) is 7.86. The predicted octanol–water partition coefficient (Wildman–Crippen LogP) is 3.29. The molecule has 4 rings (SSSR count). The third kappa shape index (κ3) is 3.61. The lowest BCUT2D eigenvalue weighted by molar-refractivity contribution is -0.146. The highest BCUT2D eigenvalue weighted by molar-refractivity contribution is 7.09. The number of benzene rings is 1. The third-order valence-electron chi connectivity index (χ3n) is 4.95. The molecule has 2 aliphatic heterocycles. The molecule has 132 valence electrons. The molecule has 1 unspecified atom stereocenters. The maximum absolute atomic E-state index is 13.6. The van der Waals surface area contributed by atoms with Gasteiger partial charge in [-0.15, -0.1) is 11.3 Å². The second kappa shape index (κ2) is 6.86. The van der Waals surface area contributed by atoms with Gasteiger partial charge in [-0.1, -0.05) is 12.1 Å². The normalized spacial score (nSPS) is 24.8. The van der Waals surface area contributed by atoms with Gasteiger partial charge in [0.1, 0.15) is 12.4 Å². The molecule has 2 aromatic rings. The lowest BCUT2D eigenvalue weighted by Gasteiger charge is -2.47. The van der Waals surface area contributed by atoms with E-state index in [1.807, 2.05) is 0 Å². The zero-order chi connectivity index (χ0) is 17.3. The van der Waals surface area contributed by atoms with E-state index in [1.54, 1.807) is 28.4 Å². The van der Waals surface area contributed by atoms with Crippen molar-refractivity contribution in [3.05, 3.63) is 52.5 Å². The third-order valence-corrected chi connectivity index (χ3v) is 5.81. The topological polar surface area (TPSA) is 32.8 Å². The Morgan fingerprint density at radius 1 is 1.24 bits per heavy atom. The van der Waals surface area contributed by atoms with Crippen LogP contribution in [0.3, 0.4) is 0 Å². The zero-order valence-electron chi connectivity index (χ0n) is 14.0. The Kier molecular flexibility index (Phi) is 4.58. The van der Waals surface area contributed by atoms with Crippen molar-refractivity contribution in [1.82, 2.24) is 4.90 Å². The molecule has 0 N–H and O–H groups in total. The number of anilines is 1. The van der Waals surface area contributed by atoms with Crippen molar-refractivity contribution >= 4 is 22.9 Å². The van der Waals surface area contributed by atoms with Gasteiger partial charge in [0.25, 0.3) is 5.91 Å². The highest BCUT2D eigenvalue weighted by Crippen LogP contribution is 2.32. The Labute approximate surface area is 150 Å². The number of halogens is 1. The van der Waals surface area contributed by atoms with Gasteiger partial charge in [-0.05, 0) is 49.0 Å². The second-order valence-electron chi connectivity index (χ2n) is 6.83. The van der Waals surface area contributed by atoms with E-state index in [9.17, 15) is 9.18 Å². The van der Waals surface area contributed by atoms with Crippen LogP contribution < -0.4 is 4.90 Å². The maximum atomic E-state index is 13.6. The molecule has 1 amide bonds. The van der Waals surface area contributed by atoms with E-state index in [4.69, 9.17) is 4.74 Å². The van der Waals surface area contributed by atoms with Crippen molar-refractivity contribution in [1.29, 1.82) is 0 Å². The van der Waals surface area contributed by atoms with Gasteiger partial charge in [0, 0.05) is 23.7 Å². The first-order valence-corrected chi connectivity index (χ1v) is 9.46. The molecule has 0 saturated carbocycles. The number of piperidine rings is 1. The number of thiophene rings is 1.